The summed E-state index contributed by atoms with van der Waals surface area (Å²) in [6.07, 6.45) is 8.95. The van der Waals surface area contributed by atoms with Crippen LogP contribution in [0.1, 0.15) is 65.7 Å². The van der Waals surface area contributed by atoms with Crippen LogP contribution in [-0.4, -0.2) is 47.3 Å². The van der Waals surface area contributed by atoms with Gasteiger partial charge in [0, 0.05) is 29.1 Å². The Hall–Kier alpha value is -3.12. The molecule has 0 spiro atoms. The molecule has 5 rings (SSSR count). The minimum atomic E-state index is -0.305. The van der Waals surface area contributed by atoms with Crippen LogP contribution in [0.5, 0.6) is 0 Å². The molecule has 188 valence electrons. The van der Waals surface area contributed by atoms with E-state index in [1.54, 1.807) is 24.4 Å². The summed E-state index contributed by atoms with van der Waals surface area (Å²) in [6, 6.07) is 15.7. The number of carbonyl (C=O) groups is 2. The van der Waals surface area contributed by atoms with Crippen LogP contribution < -0.4 is 5.32 Å². The van der Waals surface area contributed by atoms with E-state index in [-0.39, 0.29) is 29.5 Å². The van der Waals surface area contributed by atoms with Crippen LogP contribution >= 0.6 is 0 Å². The summed E-state index contributed by atoms with van der Waals surface area (Å²) in [7, 11) is 0. The molecular weight excluding hydrogens is 453 g/mol. The third-order valence-corrected chi connectivity index (χ3v) is 8.02. The van der Waals surface area contributed by atoms with E-state index in [0.717, 1.165) is 69.1 Å². The number of Topliss-reactive ketones (excluding diaryl/α,β-unsaturated/α-hetero) is 1. The monoisotopic (exact) mass is 487 g/mol. The second-order valence-electron chi connectivity index (χ2n) is 10.3. The summed E-state index contributed by atoms with van der Waals surface area (Å²) in [5.74, 6) is 0.576. The topological polar surface area (TPSA) is 62.3 Å². The summed E-state index contributed by atoms with van der Waals surface area (Å²) in [5, 5.41) is 4.15. The normalized spacial score (nSPS) is 21.4. The Morgan fingerprint density at radius 1 is 0.917 bits per heavy atom. The molecule has 0 bridgehead atoms. The van der Waals surface area contributed by atoms with Gasteiger partial charge in [-0.15, -0.1) is 0 Å². The lowest BCUT2D eigenvalue weighted by Crippen LogP contribution is -2.39. The molecule has 0 unspecified atom stereocenters. The van der Waals surface area contributed by atoms with E-state index >= 15 is 0 Å². The van der Waals surface area contributed by atoms with Crippen molar-refractivity contribution in [2.45, 2.75) is 51.0 Å². The molecule has 2 fully saturated rings. The molecule has 1 saturated carbocycles. The molecule has 0 radical (unpaired) electrons. The van der Waals surface area contributed by atoms with Crippen LogP contribution in [-0.2, 0) is 0 Å². The largest absolute Gasteiger partial charge is 0.349 e. The average Bonchev–Trinajstić information content (AvgIpc) is 2.92. The van der Waals surface area contributed by atoms with E-state index in [4.69, 9.17) is 0 Å². The minimum Gasteiger partial charge on any atom is -0.349 e. The number of carbonyl (C=O) groups excluding carboxylic acids is 2. The van der Waals surface area contributed by atoms with Crippen molar-refractivity contribution in [2.75, 3.05) is 19.6 Å². The van der Waals surface area contributed by atoms with Crippen molar-refractivity contribution in [2.24, 2.45) is 11.8 Å². The van der Waals surface area contributed by atoms with Gasteiger partial charge in [0.1, 0.15) is 5.82 Å². The Labute approximate surface area is 212 Å². The van der Waals surface area contributed by atoms with Gasteiger partial charge in [0.15, 0.2) is 5.78 Å². The van der Waals surface area contributed by atoms with E-state index in [9.17, 15) is 14.0 Å². The minimum absolute atomic E-state index is 0.00453. The average molecular weight is 488 g/mol. The molecular formula is C30H34FN3O2. The summed E-state index contributed by atoms with van der Waals surface area (Å²) in [4.78, 5) is 32.5. The van der Waals surface area contributed by atoms with E-state index in [2.05, 4.69) is 15.2 Å². The molecule has 1 amide bonds. The maximum Gasteiger partial charge on any atom is 0.252 e. The van der Waals surface area contributed by atoms with Crippen LogP contribution in [0, 0.1) is 17.7 Å². The first-order chi connectivity index (χ1) is 17.6. The third kappa shape index (κ3) is 5.81. The van der Waals surface area contributed by atoms with Gasteiger partial charge in [-0.05, 0) is 107 Å². The van der Waals surface area contributed by atoms with Crippen molar-refractivity contribution in [1.29, 1.82) is 0 Å². The van der Waals surface area contributed by atoms with Gasteiger partial charge in [-0.1, -0.05) is 18.2 Å². The highest BCUT2D eigenvalue weighted by Crippen LogP contribution is 2.29. The summed E-state index contributed by atoms with van der Waals surface area (Å²) in [5.41, 5.74) is 2.16. The van der Waals surface area contributed by atoms with Crippen LogP contribution in [0.25, 0.3) is 10.9 Å². The molecule has 36 heavy (non-hydrogen) atoms. The van der Waals surface area contributed by atoms with Gasteiger partial charge in [-0.25, -0.2) is 4.39 Å². The van der Waals surface area contributed by atoms with Crippen molar-refractivity contribution in [1.82, 2.24) is 15.2 Å². The standard InChI is InChI=1S/C30H34FN3O2/c31-24-9-7-22(8-10-24)29(35)23-15-19-34(20-16-23)18-14-21-5-11-25(12-6-21)33-30(36)27-13-17-32-28-4-2-1-3-26(27)28/h1-4,7-10,13,17,21,23,25H,5-6,11-12,14-16,18-20H2,(H,33,36)/t21-,25-. The van der Waals surface area contributed by atoms with Crippen LogP contribution in [0.3, 0.4) is 0 Å². The van der Waals surface area contributed by atoms with Crippen molar-refractivity contribution < 1.29 is 14.0 Å². The number of rotatable bonds is 7. The number of para-hydroxylation sites is 1. The lowest BCUT2D eigenvalue weighted by molar-refractivity contribution is 0.0832. The smallest absolute Gasteiger partial charge is 0.252 e. The number of hydrogen-bond donors (Lipinski definition) is 1. The number of piperidine rings is 1. The zero-order valence-corrected chi connectivity index (χ0v) is 20.7. The quantitative estimate of drug-likeness (QED) is 0.438. The van der Waals surface area contributed by atoms with E-state index in [1.807, 2.05) is 24.3 Å². The molecule has 0 atom stereocenters. The lowest BCUT2D eigenvalue weighted by Gasteiger charge is -2.34. The van der Waals surface area contributed by atoms with Gasteiger partial charge < -0.3 is 10.2 Å². The number of halogens is 1. The predicted molar refractivity (Wildman–Crippen MR) is 139 cm³/mol. The Balaban J connectivity index is 1.03. The second-order valence-corrected chi connectivity index (χ2v) is 10.3. The number of likely N-dealkylation sites (tertiary alicyclic amines) is 1. The third-order valence-electron chi connectivity index (χ3n) is 8.02. The summed E-state index contributed by atoms with van der Waals surface area (Å²) >= 11 is 0. The van der Waals surface area contributed by atoms with Gasteiger partial charge >= 0.3 is 0 Å². The van der Waals surface area contributed by atoms with E-state index < -0.39 is 0 Å². The second kappa shape index (κ2) is 11.3. The highest BCUT2D eigenvalue weighted by atomic mass is 19.1. The maximum atomic E-state index is 13.1. The number of fused-ring (bicyclic) bond motifs is 1. The molecule has 1 N–H and O–H groups in total. The number of benzene rings is 2. The Morgan fingerprint density at radius 3 is 2.39 bits per heavy atom. The number of aromatic nitrogens is 1. The molecule has 3 aromatic rings. The maximum absolute atomic E-state index is 13.1. The van der Waals surface area contributed by atoms with Gasteiger partial charge in [-0.2, -0.15) is 0 Å². The van der Waals surface area contributed by atoms with E-state index in [1.165, 1.54) is 18.6 Å². The van der Waals surface area contributed by atoms with Gasteiger partial charge in [0.2, 0.25) is 0 Å². The molecule has 1 aliphatic heterocycles. The Morgan fingerprint density at radius 2 is 1.64 bits per heavy atom. The summed E-state index contributed by atoms with van der Waals surface area (Å²) < 4.78 is 13.1. The van der Waals surface area contributed by atoms with Crippen molar-refractivity contribution in [3.63, 3.8) is 0 Å². The van der Waals surface area contributed by atoms with E-state index in [0.29, 0.717) is 17.0 Å². The van der Waals surface area contributed by atoms with Crippen molar-refractivity contribution >= 4 is 22.6 Å². The fraction of sp³-hybridized carbons (Fsp3) is 0.433. The number of ketones is 1. The summed E-state index contributed by atoms with van der Waals surface area (Å²) in [6.45, 7) is 2.97. The highest BCUT2D eigenvalue weighted by molar-refractivity contribution is 6.06. The molecule has 5 nitrogen and oxygen atoms in total. The zero-order chi connectivity index (χ0) is 24.9. The first kappa shape index (κ1) is 24.6. The van der Waals surface area contributed by atoms with Crippen LogP contribution in [0.15, 0.2) is 60.8 Å². The molecule has 1 aliphatic carbocycles. The van der Waals surface area contributed by atoms with Crippen LogP contribution in [0.2, 0.25) is 0 Å². The molecule has 2 aliphatic rings. The number of nitrogens with one attached hydrogen (secondary N) is 1. The molecule has 2 aromatic carbocycles. The zero-order valence-electron chi connectivity index (χ0n) is 20.7. The van der Waals surface area contributed by atoms with Crippen molar-refractivity contribution in [3.05, 3.63) is 77.7 Å². The fourth-order valence-corrected chi connectivity index (χ4v) is 5.79. The van der Waals surface area contributed by atoms with Crippen molar-refractivity contribution in [3.8, 4) is 0 Å². The van der Waals surface area contributed by atoms with Gasteiger partial charge in [0.05, 0.1) is 11.1 Å². The molecule has 1 aromatic heterocycles. The molecule has 2 heterocycles. The first-order valence-corrected chi connectivity index (χ1v) is 13.2. The van der Waals surface area contributed by atoms with Crippen LogP contribution in [0.4, 0.5) is 4.39 Å². The first-order valence-electron chi connectivity index (χ1n) is 13.2. The van der Waals surface area contributed by atoms with Gasteiger partial charge in [0.25, 0.3) is 5.91 Å². The molecule has 1 saturated heterocycles. The number of nitrogens with zero attached hydrogens (tertiary/aromatic N) is 2. The SMILES string of the molecule is O=C(N[C@H]1CC[C@H](CCN2CCC(C(=O)c3ccc(F)cc3)CC2)CC1)c1ccnc2ccccc12. The fourth-order valence-electron chi connectivity index (χ4n) is 5.79. The number of amides is 1. The highest BCUT2D eigenvalue weighted by Gasteiger charge is 2.27. The predicted octanol–water partition coefficient (Wildman–Crippen LogP) is 5.65. The van der Waals surface area contributed by atoms with Gasteiger partial charge in [-0.3, -0.25) is 14.6 Å². The number of pyridine rings is 1. The Bertz CT molecular complexity index is 1190. The molecule has 6 heteroatoms. The lowest BCUT2D eigenvalue weighted by atomic mass is 9.83. The number of hydrogen-bond acceptors (Lipinski definition) is 4. The Kier molecular flexibility index (Phi) is 7.71.